The summed E-state index contributed by atoms with van der Waals surface area (Å²) >= 11 is 0. The van der Waals surface area contributed by atoms with Gasteiger partial charge in [-0.3, -0.25) is 0 Å². The molecule has 2 spiro atoms. The Labute approximate surface area is 258 Å². The third-order valence-electron chi connectivity index (χ3n) is 11.2. The van der Waals surface area contributed by atoms with E-state index in [2.05, 4.69) is 133 Å². The topological polar surface area (TPSA) is 9.23 Å². The Morgan fingerprint density at radius 3 is 1.57 bits per heavy atom. The van der Waals surface area contributed by atoms with Gasteiger partial charge in [0.2, 0.25) is 0 Å². The van der Waals surface area contributed by atoms with Gasteiger partial charge in [-0.05, 0) is 92.7 Å². The molecule has 1 aliphatic heterocycles. The Balaban J connectivity index is 1.18. The first kappa shape index (κ1) is 24.6. The molecule has 0 unspecified atom stereocenters. The molecule has 210 valence electrons. The van der Waals surface area contributed by atoms with E-state index in [-0.39, 0.29) is 10.8 Å². The quantitative estimate of drug-likeness (QED) is 0.193. The average Bonchev–Trinajstić information content (AvgIpc) is 3.56. The Bertz CT molecular complexity index is 2100. The van der Waals surface area contributed by atoms with Gasteiger partial charge in [-0.25, -0.2) is 0 Å². The van der Waals surface area contributed by atoms with Crippen LogP contribution in [0.1, 0.15) is 65.5 Å². The number of hydrogen-bond acceptors (Lipinski definition) is 1. The Morgan fingerprint density at radius 1 is 0.386 bits per heavy atom. The van der Waals surface area contributed by atoms with Crippen molar-refractivity contribution in [1.82, 2.24) is 0 Å². The van der Waals surface area contributed by atoms with Crippen molar-refractivity contribution in [2.24, 2.45) is 0 Å². The molecule has 3 aliphatic carbocycles. The second kappa shape index (κ2) is 8.83. The molecule has 0 bridgehead atoms. The van der Waals surface area contributed by atoms with E-state index in [1.807, 2.05) is 0 Å². The molecule has 1 heteroatoms. The van der Waals surface area contributed by atoms with Gasteiger partial charge in [0.15, 0.2) is 0 Å². The summed E-state index contributed by atoms with van der Waals surface area (Å²) in [5, 5.41) is 0. The molecule has 1 saturated carbocycles. The molecule has 0 atom stereocenters. The maximum Gasteiger partial charge on any atom is 0.131 e. The summed E-state index contributed by atoms with van der Waals surface area (Å²) in [7, 11) is 0. The van der Waals surface area contributed by atoms with Crippen molar-refractivity contribution in [3.63, 3.8) is 0 Å². The van der Waals surface area contributed by atoms with E-state index in [4.69, 9.17) is 4.74 Å². The lowest BCUT2D eigenvalue weighted by atomic mass is 9.63. The molecular weight excluding hydrogens is 532 g/mol. The lowest BCUT2D eigenvalue weighted by Gasteiger charge is -2.43. The Kier molecular flexibility index (Phi) is 4.93. The van der Waals surface area contributed by atoms with Crippen LogP contribution in [0.15, 0.2) is 133 Å². The zero-order valence-electron chi connectivity index (χ0n) is 24.6. The Morgan fingerprint density at radius 2 is 0.886 bits per heavy atom. The van der Waals surface area contributed by atoms with E-state index in [1.165, 1.54) is 98.9 Å². The van der Waals surface area contributed by atoms with Crippen LogP contribution < -0.4 is 4.74 Å². The van der Waals surface area contributed by atoms with E-state index in [0.717, 1.165) is 11.5 Å². The molecule has 0 aromatic heterocycles. The number of rotatable bonds is 1. The van der Waals surface area contributed by atoms with Crippen LogP contribution in [0.25, 0.3) is 33.4 Å². The lowest BCUT2D eigenvalue weighted by molar-refractivity contribution is 0.306. The van der Waals surface area contributed by atoms with Crippen LogP contribution in [0.4, 0.5) is 0 Å². The third-order valence-corrected chi connectivity index (χ3v) is 11.2. The zero-order valence-corrected chi connectivity index (χ0v) is 24.6. The van der Waals surface area contributed by atoms with Crippen LogP contribution >= 0.6 is 0 Å². The van der Waals surface area contributed by atoms with Crippen LogP contribution in [0.5, 0.6) is 11.5 Å². The van der Waals surface area contributed by atoms with Gasteiger partial charge in [0.05, 0.1) is 5.41 Å². The van der Waals surface area contributed by atoms with E-state index in [0.29, 0.717) is 0 Å². The summed E-state index contributed by atoms with van der Waals surface area (Å²) in [6, 6.07) is 50.1. The molecule has 6 aromatic carbocycles. The summed E-state index contributed by atoms with van der Waals surface area (Å²) in [5.74, 6) is 2.06. The molecule has 0 N–H and O–H groups in total. The molecule has 0 saturated heterocycles. The van der Waals surface area contributed by atoms with Crippen molar-refractivity contribution in [2.75, 3.05) is 0 Å². The number of para-hydroxylation sites is 1. The van der Waals surface area contributed by atoms with Crippen molar-refractivity contribution in [1.29, 1.82) is 0 Å². The Hall–Kier alpha value is -4.88. The van der Waals surface area contributed by atoms with Gasteiger partial charge in [-0.15, -0.1) is 0 Å². The molecule has 0 amide bonds. The molecule has 44 heavy (non-hydrogen) atoms. The predicted molar refractivity (Wildman–Crippen MR) is 179 cm³/mol. The van der Waals surface area contributed by atoms with Crippen LogP contribution in [-0.2, 0) is 10.8 Å². The zero-order chi connectivity index (χ0) is 28.9. The van der Waals surface area contributed by atoms with Gasteiger partial charge in [-0.1, -0.05) is 128 Å². The van der Waals surface area contributed by atoms with Crippen molar-refractivity contribution in [2.45, 2.75) is 42.9 Å². The number of ether oxygens (including phenoxy) is 1. The number of fused-ring (bicyclic) bond motifs is 14. The fourth-order valence-corrected chi connectivity index (χ4v) is 9.36. The van der Waals surface area contributed by atoms with Crippen molar-refractivity contribution in [3.8, 4) is 44.9 Å². The fourth-order valence-electron chi connectivity index (χ4n) is 9.36. The average molecular weight is 565 g/mol. The molecule has 6 aromatic rings. The molecule has 4 aliphatic rings. The SMILES string of the molecule is c1ccc2c(c1)Oc1ccc(-c3ccc4c(c3)-c3ccccc3C43c4ccccc4-c4ccccc43)cc1C21CCCCC1. The summed E-state index contributed by atoms with van der Waals surface area (Å²) < 4.78 is 6.55. The van der Waals surface area contributed by atoms with E-state index in [9.17, 15) is 0 Å². The van der Waals surface area contributed by atoms with Gasteiger partial charge in [-0.2, -0.15) is 0 Å². The number of benzene rings is 6. The monoisotopic (exact) mass is 564 g/mol. The van der Waals surface area contributed by atoms with Crippen LogP contribution in [-0.4, -0.2) is 0 Å². The largest absolute Gasteiger partial charge is 0.457 e. The minimum atomic E-state index is -0.294. The summed E-state index contributed by atoms with van der Waals surface area (Å²) in [5.41, 5.74) is 16.0. The highest BCUT2D eigenvalue weighted by Crippen LogP contribution is 2.63. The van der Waals surface area contributed by atoms with E-state index < -0.39 is 0 Å². The van der Waals surface area contributed by atoms with Gasteiger partial charge in [0.25, 0.3) is 0 Å². The first-order valence-electron chi connectivity index (χ1n) is 16.2. The smallest absolute Gasteiger partial charge is 0.131 e. The minimum Gasteiger partial charge on any atom is -0.457 e. The second-order valence-electron chi connectivity index (χ2n) is 13.1. The highest BCUT2D eigenvalue weighted by Gasteiger charge is 2.51. The summed E-state index contributed by atoms with van der Waals surface area (Å²) in [6.07, 6.45) is 6.21. The highest BCUT2D eigenvalue weighted by atomic mass is 16.5. The van der Waals surface area contributed by atoms with Gasteiger partial charge in [0.1, 0.15) is 11.5 Å². The lowest BCUT2D eigenvalue weighted by Crippen LogP contribution is -2.33. The van der Waals surface area contributed by atoms with Crippen LogP contribution in [0, 0.1) is 0 Å². The molecular formula is C43H32O. The highest BCUT2D eigenvalue weighted by molar-refractivity contribution is 5.96. The second-order valence-corrected chi connectivity index (χ2v) is 13.1. The first-order chi connectivity index (χ1) is 21.8. The third kappa shape index (κ3) is 3.00. The van der Waals surface area contributed by atoms with Gasteiger partial charge in [0, 0.05) is 16.5 Å². The van der Waals surface area contributed by atoms with Crippen LogP contribution in [0.2, 0.25) is 0 Å². The van der Waals surface area contributed by atoms with Gasteiger partial charge >= 0.3 is 0 Å². The van der Waals surface area contributed by atoms with Gasteiger partial charge < -0.3 is 4.74 Å². The maximum atomic E-state index is 6.55. The summed E-state index contributed by atoms with van der Waals surface area (Å²) in [4.78, 5) is 0. The van der Waals surface area contributed by atoms with Crippen molar-refractivity contribution in [3.05, 3.63) is 167 Å². The fraction of sp³-hybridized carbons (Fsp3) is 0.163. The summed E-state index contributed by atoms with van der Waals surface area (Å²) in [6.45, 7) is 0. The van der Waals surface area contributed by atoms with Crippen molar-refractivity contribution < 1.29 is 4.74 Å². The number of hydrogen-bond donors (Lipinski definition) is 0. The first-order valence-corrected chi connectivity index (χ1v) is 16.2. The maximum absolute atomic E-state index is 6.55. The molecule has 0 radical (unpaired) electrons. The molecule has 10 rings (SSSR count). The van der Waals surface area contributed by atoms with E-state index >= 15 is 0 Å². The van der Waals surface area contributed by atoms with E-state index in [1.54, 1.807) is 0 Å². The molecule has 1 fully saturated rings. The standard InChI is InChI=1S/C43H32O/c1-10-24-42(25-11-1)38-18-8-9-19-40(38)44-41-23-21-29(27-39(41)42)28-20-22-37-33(26-28)32-14-4-7-17-36(32)43(37)34-15-5-2-12-30(34)31-13-3-6-16-35(31)43/h2-9,12-23,26-27H,1,10-11,24-25H2. The normalized spacial score (nSPS) is 17.2. The van der Waals surface area contributed by atoms with Crippen LogP contribution in [0.3, 0.4) is 0 Å². The van der Waals surface area contributed by atoms with Crippen molar-refractivity contribution >= 4 is 0 Å². The predicted octanol–water partition coefficient (Wildman–Crippen LogP) is 11.1. The minimum absolute atomic E-state index is 0.0308. The molecule has 1 nitrogen and oxygen atoms in total. The molecule has 1 heterocycles.